The van der Waals surface area contributed by atoms with E-state index >= 15 is 0 Å². The molecule has 0 saturated heterocycles. The molecule has 0 bridgehead atoms. The molecule has 0 radical (unpaired) electrons. The third kappa shape index (κ3) is 4.02. The fraction of sp³-hybridized carbons (Fsp3) is 0.769. The van der Waals surface area contributed by atoms with Crippen LogP contribution in [0.1, 0.15) is 56.7 Å². The number of nitrogens with one attached hydrogen (secondary N) is 1. The Hall–Kier alpha value is -1.43. The molecule has 1 aliphatic carbocycles. The molecule has 1 atom stereocenters. The van der Waals surface area contributed by atoms with Gasteiger partial charge < -0.3 is 15.6 Å². The van der Waals surface area contributed by atoms with Crippen molar-refractivity contribution >= 4 is 5.91 Å². The van der Waals surface area contributed by atoms with E-state index in [0.717, 1.165) is 31.6 Å². The molecule has 0 spiro atoms. The minimum Gasteiger partial charge on any atom is -0.353 e. The molecule has 3 N–H and O–H groups in total. The number of nitrogens with zero attached hydrogens (tertiary/aromatic N) is 2. The van der Waals surface area contributed by atoms with Gasteiger partial charge >= 0.3 is 0 Å². The summed E-state index contributed by atoms with van der Waals surface area (Å²) in [5.41, 5.74) is 5.61. The molecule has 6 heteroatoms. The molecule has 2 rings (SSSR count). The summed E-state index contributed by atoms with van der Waals surface area (Å²) in [7, 11) is 0. The first kappa shape index (κ1) is 14.0. The van der Waals surface area contributed by atoms with Crippen LogP contribution in [0, 0.1) is 6.92 Å². The maximum absolute atomic E-state index is 11.6. The van der Waals surface area contributed by atoms with Crippen molar-refractivity contribution in [2.75, 3.05) is 0 Å². The highest BCUT2D eigenvalue weighted by atomic mass is 16.5. The van der Waals surface area contributed by atoms with E-state index in [1.807, 2.05) is 13.8 Å². The van der Waals surface area contributed by atoms with Crippen LogP contribution >= 0.6 is 0 Å². The van der Waals surface area contributed by atoms with Gasteiger partial charge in [-0.25, -0.2) is 0 Å². The third-order valence-electron chi connectivity index (χ3n) is 3.49. The van der Waals surface area contributed by atoms with E-state index in [2.05, 4.69) is 15.5 Å². The molecule has 1 saturated carbocycles. The van der Waals surface area contributed by atoms with E-state index in [0.29, 0.717) is 18.2 Å². The predicted octanol–water partition coefficient (Wildman–Crippen LogP) is 1.26. The number of hydrogen-bond donors (Lipinski definition) is 2. The highest BCUT2D eigenvalue weighted by Gasteiger charge is 2.26. The van der Waals surface area contributed by atoms with Gasteiger partial charge in [-0.15, -0.1) is 0 Å². The van der Waals surface area contributed by atoms with E-state index < -0.39 is 0 Å². The van der Waals surface area contributed by atoms with Gasteiger partial charge in [0.1, 0.15) is 0 Å². The van der Waals surface area contributed by atoms with Crippen molar-refractivity contribution in [2.45, 2.75) is 64.0 Å². The Morgan fingerprint density at radius 1 is 1.47 bits per heavy atom. The van der Waals surface area contributed by atoms with Gasteiger partial charge in [-0.1, -0.05) is 5.16 Å². The van der Waals surface area contributed by atoms with E-state index in [9.17, 15) is 4.79 Å². The summed E-state index contributed by atoms with van der Waals surface area (Å²) < 4.78 is 5.21. The Morgan fingerprint density at radius 3 is 2.68 bits per heavy atom. The van der Waals surface area contributed by atoms with Gasteiger partial charge in [0.25, 0.3) is 0 Å². The molecule has 1 aromatic rings. The molecule has 106 valence electrons. The van der Waals surface area contributed by atoms with Gasteiger partial charge in [0, 0.05) is 24.4 Å². The van der Waals surface area contributed by atoms with Gasteiger partial charge in [-0.2, -0.15) is 4.98 Å². The third-order valence-corrected chi connectivity index (χ3v) is 3.49. The zero-order valence-corrected chi connectivity index (χ0v) is 11.6. The molecule has 0 aromatic carbocycles. The second kappa shape index (κ2) is 6.14. The first-order valence-corrected chi connectivity index (χ1v) is 6.89. The summed E-state index contributed by atoms with van der Waals surface area (Å²) in [5.74, 6) is 1.80. The van der Waals surface area contributed by atoms with Crippen LogP contribution in [0.4, 0.5) is 0 Å². The van der Waals surface area contributed by atoms with Crippen molar-refractivity contribution in [3.05, 3.63) is 11.7 Å². The topological polar surface area (TPSA) is 94.0 Å². The summed E-state index contributed by atoms with van der Waals surface area (Å²) in [6.45, 7) is 3.67. The van der Waals surface area contributed by atoms with Gasteiger partial charge in [0.2, 0.25) is 11.8 Å². The Morgan fingerprint density at radius 2 is 2.16 bits per heavy atom. The van der Waals surface area contributed by atoms with Crippen LogP contribution < -0.4 is 11.1 Å². The van der Waals surface area contributed by atoms with E-state index in [1.165, 1.54) is 0 Å². The molecule has 1 unspecified atom stereocenters. The largest absolute Gasteiger partial charge is 0.353 e. The zero-order valence-electron chi connectivity index (χ0n) is 11.6. The number of hydrogen-bond acceptors (Lipinski definition) is 5. The molecular formula is C13H22N4O2. The van der Waals surface area contributed by atoms with Crippen LogP contribution in [0.5, 0.6) is 0 Å². The van der Waals surface area contributed by atoms with Crippen molar-refractivity contribution in [1.82, 2.24) is 15.5 Å². The average Bonchev–Trinajstić information content (AvgIpc) is 2.75. The van der Waals surface area contributed by atoms with Gasteiger partial charge in [0.05, 0.1) is 0 Å². The fourth-order valence-corrected chi connectivity index (χ4v) is 2.54. The number of amides is 1. The Labute approximate surface area is 113 Å². The van der Waals surface area contributed by atoms with Crippen LogP contribution in [0.25, 0.3) is 0 Å². The van der Waals surface area contributed by atoms with Crippen LogP contribution in [0.15, 0.2) is 4.52 Å². The summed E-state index contributed by atoms with van der Waals surface area (Å²) in [5, 5.41) is 6.86. The maximum atomic E-state index is 11.6. The molecule has 1 heterocycles. The lowest BCUT2D eigenvalue weighted by Gasteiger charge is -2.27. The maximum Gasteiger partial charge on any atom is 0.229 e. The summed E-state index contributed by atoms with van der Waals surface area (Å²) in [6.07, 6.45) is 4.26. The molecule has 6 nitrogen and oxygen atoms in total. The molecule has 1 aromatic heterocycles. The standard InChI is InChI=1S/C13H22N4O2/c1-8(14)7-12(18)16-11-5-3-10(4-6-11)13-15-9(2)17-19-13/h8,10-11H,3-7,14H2,1-2H3,(H,16,18). The molecule has 1 amide bonds. The van der Waals surface area contributed by atoms with E-state index in [-0.39, 0.29) is 18.0 Å². The molecule has 19 heavy (non-hydrogen) atoms. The Balaban J connectivity index is 1.78. The molecule has 0 aliphatic heterocycles. The van der Waals surface area contributed by atoms with Gasteiger partial charge in [-0.3, -0.25) is 4.79 Å². The number of nitrogens with two attached hydrogens (primary N) is 1. The van der Waals surface area contributed by atoms with Crippen molar-refractivity contribution in [1.29, 1.82) is 0 Å². The number of carbonyl (C=O) groups is 1. The Kier molecular flexibility index (Phi) is 4.52. The van der Waals surface area contributed by atoms with Crippen LogP contribution in [-0.4, -0.2) is 28.1 Å². The number of carbonyl (C=O) groups excluding carboxylic acids is 1. The minimum atomic E-state index is -0.0855. The van der Waals surface area contributed by atoms with Gasteiger partial charge in [-0.05, 0) is 39.5 Å². The molecular weight excluding hydrogens is 244 g/mol. The normalized spacial score (nSPS) is 25.0. The SMILES string of the molecule is Cc1noc(C2CCC(NC(=O)CC(C)N)CC2)n1. The van der Waals surface area contributed by atoms with Crippen LogP contribution in [0.2, 0.25) is 0 Å². The summed E-state index contributed by atoms with van der Waals surface area (Å²) in [6, 6.07) is 0.171. The zero-order chi connectivity index (χ0) is 13.8. The van der Waals surface area contributed by atoms with Crippen molar-refractivity contribution in [3.63, 3.8) is 0 Å². The smallest absolute Gasteiger partial charge is 0.229 e. The van der Waals surface area contributed by atoms with Crippen molar-refractivity contribution in [3.8, 4) is 0 Å². The number of rotatable bonds is 4. The second-order valence-electron chi connectivity index (χ2n) is 5.48. The first-order chi connectivity index (χ1) is 9.04. The second-order valence-corrected chi connectivity index (χ2v) is 5.48. The summed E-state index contributed by atoms with van der Waals surface area (Å²) >= 11 is 0. The van der Waals surface area contributed by atoms with Gasteiger partial charge in [0.15, 0.2) is 5.82 Å². The monoisotopic (exact) mass is 266 g/mol. The minimum absolute atomic E-state index is 0.0482. The van der Waals surface area contributed by atoms with Crippen LogP contribution in [-0.2, 0) is 4.79 Å². The van der Waals surface area contributed by atoms with E-state index in [1.54, 1.807) is 0 Å². The number of aryl methyl sites for hydroxylation is 1. The summed E-state index contributed by atoms with van der Waals surface area (Å²) in [4.78, 5) is 15.9. The van der Waals surface area contributed by atoms with E-state index in [4.69, 9.17) is 10.3 Å². The lowest BCUT2D eigenvalue weighted by Crippen LogP contribution is -2.39. The van der Waals surface area contributed by atoms with Crippen LogP contribution in [0.3, 0.4) is 0 Å². The van der Waals surface area contributed by atoms with Crippen molar-refractivity contribution in [2.24, 2.45) is 5.73 Å². The lowest BCUT2D eigenvalue weighted by atomic mass is 9.86. The first-order valence-electron chi connectivity index (χ1n) is 6.89. The predicted molar refractivity (Wildman–Crippen MR) is 70.4 cm³/mol. The Bertz CT molecular complexity index is 422. The number of aromatic nitrogens is 2. The van der Waals surface area contributed by atoms with Crippen molar-refractivity contribution < 1.29 is 9.32 Å². The molecule has 1 fully saturated rings. The highest BCUT2D eigenvalue weighted by molar-refractivity contribution is 5.76. The quantitative estimate of drug-likeness (QED) is 0.855. The average molecular weight is 266 g/mol. The highest BCUT2D eigenvalue weighted by Crippen LogP contribution is 2.31. The molecule has 1 aliphatic rings. The lowest BCUT2D eigenvalue weighted by molar-refractivity contribution is -0.122. The fourth-order valence-electron chi connectivity index (χ4n) is 2.54.